The summed E-state index contributed by atoms with van der Waals surface area (Å²) in [6.07, 6.45) is 1.34. The van der Waals surface area contributed by atoms with Crippen molar-refractivity contribution in [2.75, 3.05) is 5.32 Å². The Morgan fingerprint density at radius 1 is 1.25 bits per heavy atom. The molecule has 0 spiro atoms. The summed E-state index contributed by atoms with van der Waals surface area (Å²) in [7, 11) is 0. The number of pyridine rings is 1. The molecule has 0 atom stereocenters. The first-order chi connectivity index (χ1) is 9.47. The van der Waals surface area contributed by atoms with Crippen LogP contribution in [0.2, 0.25) is 0 Å². The highest BCUT2D eigenvalue weighted by Gasteiger charge is 2.12. The van der Waals surface area contributed by atoms with E-state index in [2.05, 4.69) is 48.8 Å². The summed E-state index contributed by atoms with van der Waals surface area (Å²) in [5.41, 5.74) is 0.557. The van der Waals surface area contributed by atoms with E-state index >= 15 is 0 Å². The van der Waals surface area contributed by atoms with Gasteiger partial charge in [-0.15, -0.1) is 0 Å². The van der Waals surface area contributed by atoms with Crippen LogP contribution in [0.5, 0.6) is 0 Å². The van der Waals surface area contributed by atoms with Gasteiger partial charge in [-0.3, -0.25) is 4.79 Å². The summed E-state index contributed by atoms with van der Waals surface area (Å²) in [4.78, 5) is 26.9. The van der Waals surface area contributed by atoms with Crippen molar-refractivity contribution < 1.29 is 14.7 Å². The molecule has 0 aliphatic heterocycles. The molecule has 2 rings (SSSR count). The molecule has 0 radical (unpaired) electrons. The number of aromatic carboxylic acids is 1. The number of nitrogens with one attached hydrogen (secondary N) is 1. The maximum Gasteiger partial charge on any atom is 0.335 e. The van der Waals surface area contributed by atoms with E-state index in [1.54, 1.807) is 12.1 Å². The molecule has 1 aromatic heterocycles. The smallest absolute Gasteiger partial charge is 0.335 e. The molecule has 102 valence electrons. The second-order valence-electron chi connectivity index (χ2n) is 3.81. The molecule has 0 fully saturated rings. The van der Waals surface area contributed by atoms with Crippen LogP contribution in [0, 0.1) is 3.57 Å². The van der Waals surface area contributed by atoms with Crippen LogP contribution in [0.4, 0.5) is 5.82 Å². The van der Waals surface area contributed by atoms with Gasteiger partial charge in [-0.1, -0.05) is 15.9 Å². The molecule has 5 nitrogen and oxygen atoms in total. The fourth-order valence-electron chi connectivity index (χ4n) is 1.49. The van der Waals surface area contributed by atoms with Gasteiger partial charge in [0.2, 0.25) is 0 Å². The number of carbonyl (C=O) groups excluding carboxylic acids is 1. The van der Waals surface area contributed by atoms with Gasteiger partial charge in [0.05, 0.1) is 11.1 Å². The molecule has 0 aliphatic carbocycles. The summed E-state index contributed by atoms with van der Waals surface area (Å²) >= 11 is 5.36. The molecule has 7 heteroatoms. The Morgan fingerprint density at radius 2 is 2.00 bits per heavy atom. The average molecular weight is 447 g/mol. The molecular formula is C13H8BrIN2O3. The first kappa shape index (κ1) is 14.9. The molecule has 2 N–H and O–H groups in total. The lowest BCUT2D eigenvalue weighted by atomic mass is 10.2. The zero-order valence-corrected chi connectivity index (χ0v) is 13.7. The number of carbonyl (C=O) groups is 2. The minimum atomic E-state index is -1.07. The highest BCUT2D eigenvalue weighted by atomic mass is 127. The lowest BCUT2D eigenvalue weighted by Gasteiger charge is -2.07. The summed E-state index contributed by atoms with van der Waals surface area (Å²) < 4.78 is 1.58. The van der Waals surface area contributed by atoms with Crippen LogP contribution in [0.25, 0.3) is 0 Å². The molecule has 1 amide bonds. The zero-order chi connectivity index (χ0) is 14.7. The van der Waals surface area contributed by atoms with Gasteiger partial charge >= 0.3 is 5.97 Å². The first-order valence-electron chi connectivity index (χ1n) is 5.43. The van der Waals surface area contributed by atoms with Gasteiger partial charge in [0.1, 0.15) is 5.82 Å². The Kier molecular flexibility index (Phi) is 4.71. The van der Waals surface area contributed by atoms with Crippen LogP contribution < -0.4 is 5.32 Å². The third kappa shape index (κ3) is 3.54. The van der Waals surface area contributed by atoms with Crippen LogP contribution >= 0.6 is 38.5 Å². The van der Waals surface area contributed by atoms with Crippen LogP contribution in [0.1, 0.15) is 20.7 Å². The largest absolute Gasteiger partial charge is 0.478 e. The summed E-state index contributed by atoms with van der Waals surface area (Å²) in [5, 5.41) is 11.5. The Bertz CT molecular complexity index is 691. The molecular weight excluding hydrogens is 439 g/mol. The van der Waals surface area contributed by atoms with Crippen molar-refractivity contribution in [3.05, 3.63) is 55.7 Å². The number of rotatable bonds is 3. The lowest BCUT2D eigenvalue weighted by molar-refractivity contribution is 0.0696. The van der Waals surface area contributed by atoms with Crippen molar-refractivity contribution in [3.63, 3.8) is 0 Å². The number of hydrogen-bond acceptors (Lipinski definition) is 3. The minimum absolute atomic E-state index is 0.0687. The van der Waals surface area contributed by atoms with Gasteiger partial charge in [-0.25, -0.2) is 9.78 Å². The Morgan fingerprint density at radius 3 is 2.70 bits per heavy atom. The number of amides is 1. The molecule has 1 aromatic carbocycles. The van der Waals surface area contributed by atoms with Crippen molar-refractivity contribution in [2.24, 2.45) is 0 Å². The number of anilines is 1. The fourth-order valence-corrected chi connectivity index (χ4v) is 2.43. The predicted octanol–water partition coefficient (Wildman–Crippen LogP) is 3.40. The van der Waals surface area contributed by atoms with E-state index in [1.165, 1.54) is 18.3 Å². The van der Waals surface area contributed by atoms with Gasteiger partial charge in [0.15, 0.2) is 0 Å². The molecule has 1 heterocycles. The number of hydrogen-bond donors (Lipinski definition) is 2. The standard InChI is InChI=1S/C13H8BrIN2O3/c14-8-1-2-10(15)9(6-8)12(18)17-11-5-7(13(19)20)3-4-16-11/h1-6H,(H,19,20)(H,16,17,18). The summed E-state index contributed by atoms with van der Waals surface area (Å²) in [6, 6.07) is 8.01. The zero-order valence-electron chi connectivity index (χ0n) is 9.93. The number of carboxylic acid groups (broad SMARTS) is 1. The predicted molar refractivity (Wildman–Crippen MR) is 86.0 cm³/mol. The second kappa shape index (κ2) is 6.31. The van der Waals surface area contributed by atoms with Gasteiger partial charge in [-0.2, -0.15) is 0 Å². The number of halogens is 2. The monoisotopic (exact) mass is 446 g/mol. The van der Waals surface area contributed by atoms with E-state index in [4.69, 9.17) is 5.11 Å². The Hall–Kier alpha value is -1.48. The molecule has 0 aliphatic rings. The topological polar surface area (TPSA) is 79.3 Å². The Labute approximate surface area is 136 Å². The molecule has 0 bridgehead atoms. The van der Waals surface area contributed by atoms with Crippen molar-refractivity contribution in [2.45, 2.75) is 0 Å². The molecule has 0 unspecified atom stereocenters. The molecule has 0 saturated heterocycles. The van der Waals surface area contributed by atoms with Gasteiger partial charge in [0.25, 0.3) is 5.91 Å². The first-order valence-corrected chi connectivity index (χ1v) is 7.30. The molecule has 0 saturated carbocycles. The number of carboxylic acids is 1. The summed E-state index contributed by atoms with van der Waals surface area (Å²) in [6.45, 7) is 0. The van der Waals surface area contributed by atoms with E-state index in [0.29, 0.717) is 5.56 Å². The third-order valence-corrected chi connectivity index (χ3v) is 3.86. The van der Waals surface area contributed by atoms with Crippen LogP contribution in [-0.4, -0.2) is 22.0 Å². The molecule has 20 heavy (non-hydrogen) atoms. The Balaban J connectivity index is 2.25. The van der Waals surface area contributed by atoms with Crippen molar-refractivity contribution in [3.8, 4) is 0 Å². The summed E-state index contributed by atoms with van der Waals surface area (Å²) in [5.74, 6) is -1.21. The van der Waals surface area contributed by atoms with Gasteiger partial charge in [0, 0.05) is 14.2 Å². The van der Waals surface area contributed by atoms with Gasteiger partial charge in [-0.05, 0) is 52.9 Å². The molecule has 2 aromatic rings. The normalized spacial score (nSPS) is 10.1. The van der Waals surface area contributed by atoms with E-state index in [0.717, 1.165) is 8.04 Å². The maximum atomic E-state index is 12.1. The van der Waals surface area contributed by atoms with Crippen LogP contribution in [0.15, 0.2) is 41.0 Å². The highest BCUT2D eigenvalue weighted by Crippen LogP contribution is 2.19. The van der Waals surface area contributed by atoms with Crippen LogP contribution in [-0.2, 0) is 0 Å². The number of aromatic nitrogens is 1. The van der Waals surface area contributed by atoms with Crippen molar-refractivity contribution in [1.82, 2.24) is 4.98 Å². The lowest BCUT2D eigenvalue weighted by Crippen LogP contribution is -2.15. The van der Waals surface area contributed by atoms with Gasteiger partial charge < -0.3 is 10.4 Å². The SMILES string of the molecule is O=C(O)c1ccnc(NC(=O)c2cc(Br)ccc2I)c1. The average Bonchev–Trinajstić information content (AvgIpc) is 2.41. The van der Waals surface area contributed by atoms with Crippen molar-refractivity contribution in [1.29, 1.82) is 0 Å². The highest BCUT2D eigenvalue weighted by molar-refractivity contribution is 14.1. The van der Waals surface area contributed by atoms with Crippen molar-refractivity contribution >= 4 is 56.2 Å². The maximum absolute atomic E-state index is 12.1. The van der Waals surface area contributed by atoms with E-state index in [-0.39, 0.29) is 17.3 Å². The van der Waals surface area contributed by atoms with E-state index in [9.17, 15) is 9.59 Å². The van der Waals surface area contributed by atoms with E-state index < -0.39 is 5.97 Å². The quantitative estimate of drug-likeness (QED) is 0.708. The number of nitrogens with zero attached hydrogens (tertiary/aromatic N) is 1. The second-order valence-corrected chi connectivity index (χ2v) is 5.89. The minimum Gasteiger partial charge on any atom is -0.478 e. The third-order valence-electron chi connectivity index (χ3n) is 2.42. The fraction of sp³-hybridized carbons (Fsp3) is 0. The van der Waals surface area contributed by atoms with Crippen LogP contribution in [0.3, 0.4) is 0 Å². The number of benzene rings is 1. The van der Waals surface area contributed by atoms with E-state index in [1.807, 2.05) is 6.07 Å².